The number of pyridine rings is 2. The van der Waals surface area contributed by atoms with Gasteiger partial charge >= 0.3 is 5.97 Å². The molecule has 0 amide bonds. The number of aromatic nitrogens is 1. The minimum atomic E-state index is -0.942. The Labute approximate surface area is 119 Å². The van der Waals surface area contributed by atoms with Crippen LogP contribution >= 0.6 is 0 Å². The van der Waals surface area contributed by atoms with Gasteiger partial charge in [-0.05, 0) is 24.6 Å². The Balaban J connectivity index is 2.37. The van der Waals surface area contributed by atoms with Crippen molar-refractivity contribution in [2.24, 2.45) is 0 Å². The van der Waals surface area contributed by atoms with Gasteiger partial charge in [-0.25, -0.2) is 4.39 Å². The molecule has 2 N–H and O–H groups in total. The predicted molar refractivity (Wildman–Crippen MR) is 74.7 cm³/mol. The van der Waals surface area contributed by atoms with E-state index in [1.807, 2.05) is 16.5 Å². The molecule has 0 spiro atoms. The van der Waals surface area contributed by atoms with Gasteiger partial charge in [0.2, 0.25) is 11.0 Å². The number of carboxylic acid groups (broad SMARTS) is 1. The first-order valence-corrected chi connectivity index (χ1v) is 6.53. The minimum Gasteiger partial charge on any atom is -0.507 e. The number of rotatable bonds is 3. The van der Waals surface area contributed by atoms with Crippen molar-refractivity contribution in [3.05, 3.63) is 54.0 Å². The molecule has 0 fully saturated rings. The molecule has 21 heavy (non-hydrogen) atoms. The van der Waals surface area contributed by atoms with E-state index in [1.54, 1.807) is 18.3 Å². The monoisotopic (exact) mass is 286 g/mol. The summed E-state index contributed by atoms with van der Waals surface area (Å²) in [5.74, 6) is -1.45. The van der Waals surface area contributed by atoms with Gasteiger partial charge in [0, 0.05) is 24.6 Å². The molecule has 106 valence electrons. The summed E-state index contributed by atoms with van der Waals surface area (Å²) >= 11 is 0. The van der Waals surface area contributed by atoms with Gasteiger partial charge in [0.25, 0.3) is 0 Å². The zero-order valence-electron chi connectivity index (χ0n) is 11.1. The molecule has 2 heterocycles. The van der Waals surface area contributed by atoms with Crippen LogP contribution in [0.4, 0.5) is 4.39 Å². The SMILES string of the molecule is O=C(O)CCc1c(O)c2cc(F)ccc2[n+]2ccccc12. The number of aliphatic carboxylic acids is 1. The number of nitrogens with zero attached hydrogens (tertiary/aromatic N) is 1. The lowest BCUT2D eigenvalue weighted by molar-refractivity contribution is -0.482. The van der Waals surface area contributed by atoms with Crippen LogP contribution in [-0.4, -0.2) is 16.2 Å². The maximum atomic E-state index is 13.4. The molecule has 0 atom stereocenters. The summed E-state index contributed by atoms with van der Waals surface area (Å²) in [5, 5.41) is 19.6. The smallest absolute Gasteiger partial charge is 0.303 e. The van der Waals surface area contributed by atoms with Crippen molar-refractivity contribution in [1.82, 2.24) is 0 Å². The fourth-order valence-corrected chi connectivity index (χ4v) is 2.57. The molecule has 5 heteroatoms. The highest BCUT2D eigenvalue weighted by Gasteiger charge is 2.21. The molecule has 3 aromatic rings. The predicted octanol–water partition coefficient (Wildman–Crippen LogP) is 2.44. The molecule has 0 saturated carbocycles. The number of carbonyl (C=O) groups is 1. The topological polar surface area (TPSA) is 61.6 Å². The summed E-state index contributed by atoms with van der Waals surface area (Å²) in [5.41, 5.74) is 1.90. The molecular weight excluding hydrogens is 273 g/mol. The van der Waals surface area contributed by atoms with Crippen LogP contribution < -0.4 is 4.40 Å². The third-order valence-electron chi connectivity index (χ3n) is 3.52. The number of aromatic hydroxyl groups is 1. The highest BCUT2D eigenvalue weighted by Crippen LogP contribution is 2.30. The standard InChI is InChI=1S/C16H12FNO3/c17-10-4-6-14-12(9-10)16(21)11(5-7-15(19)20)13-3-1-2-8-18(13)14/h1-4,6,8-9H,5,7H2,(H,19,20)/p+1. The molecular formula is C16H13FNO3+. The lowest BCUT2D eigenvalue weighted by Crippen LogP contribution is -2.24. The van der Waals surface area contributed by atoms with Crippen molar-refractivity contribution in [3.63, 3.8) is 0 Å². The van der Waals surface area contributed by atoms with Crippen LogP contribution in [0.5, 0.6) is 5.75 Å². The summed E-state index contributed by atoms with van der Waals surface area (Å²) in [6.07, 6.45) is 1.89. The van der Waals surface area contributed by atoms with Crippen LogP contribution in [0, 0.1) is 5.82 Å². The molecule has 1 aromatic carbocycles. The second-order valence-corrected chi connectivity index (χ2v) is 4.84. The largest absolute Gasteiger partial charge is 0.507 e. The highest BCUT2D eigenvalue weighted by molar-refractivity contribution is 5.86. The summed E-state index contributed by atoms with van der Waals surface area (Å²) < 4.78 is 15.3. The molecule has 4 nitrogen and oxygen atoms in total. The Morgan fingerprint density at radius 3 is 2.76 bits per heavy atom. The summed E-state index contributed by atoms with van der Waals surface area (Å²) in [6, 6.07) is 9.63. The number of hydrogen-bond donors (Lipinski definition) is 2. The van der Waals surface area contributed by atoms with Crippen molar-refractivity contribution in [1.29, 1.82) is 0 Å². The second kappa shape index (κ2) is 5.01. The van der Waals surface area contributed by atoms with Crippen molar-refractivity contribution >= 4 is 22.4 Å². The van der Waals surface area contributed by atoms with E-state index in [9.17, 15) is 14.3 Å². The number of carboxylic acids is 1. The van der Waals surface area contributed by atoms with Crippen LogP contribution in [0.3, 0.4) is 0 Å². The van der Waals surface area contributed by atoms with E-state index in [0.29, 0.717) is 16.5 Å². The average Bonchev–Trinajstić information content (AvgIpc) is 2.47. The molecule has 0 bridgehead atoms. The number of fused-ring (bicyclic) bond motifs is 3. The molecule has 0 aliphatic rings. The van der Waals surface area contributed by atoms with Gasteiger partial charge in [-0.1, -0.05) is 0 Å². The Kier molecular flexibility index (Phi) is 3.17. The molecule has 0 saturated heterocycles. The molecule has 0 aliphatic heterocycles. The first-order chi connectivity index (χ1) is 10.1. The van der Waals surface area contributed by atoms with E-state index in [1.165, 1.54) is 12.1 Å². The van der Waals surface area contributed by atoms with Crippen molar-refractivity contribution in [3.8, 4) is 5.75 Å². The van der Waals surface area contributed by atoms with Gasteiger partial charge in [-0.3, -0.25) is 4.79 Å². The van der Waals surface area contributed by atoms with Gasteiger partial charge < -0.3 is 10.2 Å². The van der Waals surface area contributed by atoms with Gasteiger partial charge in [0.15, 0.2) is 6.20 Å². The maximum Gasteiger partial charge on any atom is 0.303 e. The average molecular weight is 286 g/mol. The lowest BCUT2D eigenvalue weighted by Gasteiger charge is -2.07. The number of halogens is 1. The second-order valence-electron chi connectivity index (χ2n) is 4.84. The zero-order valence-corrected chi connectivity index (χ0v) is 11.1. The van der Waals surface area contributed by atoms with Gasteiger partial charge in [0.05, 0.1) is 10.9 Å². The van der Waals surface area contributed by atoms with Crippen LogP contribution in [0.2, 0.25) is 0 Å². The maximum absolute atomic E-state index is 13.4. The van der Waals surface area contributed by atoms with Crippen LogP contribution in [0.15, 0.2) is 42.6 Å². The van der Waals surface area contributed by atoms with Gasteiger partial charge in [-0.2, -0.15) is 4.40 Å². The Bertz CT molecular complexity index is 861. The molecule has 0 unspecified atom stereocenters. The van der Waals surface area contributed by atoms with Crippen molar-refractivity contribution in [2.75, 3.05) is 0 Å². The number of hydrogen-bond acceptors (Lipinski definition) is 2. The Hall–Kier alpha value is -2.69. The minimum absolute atomic E-state index is 0.0584. The quantitative estimate of drug-likeness (QED) is 0.574. The first kappa shape index (κ1) is 13.3. The van der Waals surface area contributed by atoms with Crippen LogP contribution in [0.25, 0.3) is 16.4 Å². The first-order valence-electron chi connectivity index (χ1n) is 6.53. The highest BCUT2D eigenvalue weighted by atomic mass is 19.1. The van der Waals surface area contributed by atoms with Crippen LogP contribution in [-0.2, 0) is 11.2 Å². The molecule has 0 aliphatic carbocycles. The van der Waals surface area contributed by atoms with Crippen molar-refractivity contribution < 1.29 is 23.8 Å². The van der Waals surface area contributed by atoms with E-state index in [4.69, 9.17) is 5.11 Å². The summed E-state index contributed by atoms with van der Waals surface area (Å²) in [6.45, 7) is 0. The van der Waals surface area contributed by atoms with Gasteiger partial charge in [-0.15, -0.1) is 0 Å². The lowest BCUT2D eigenvalue weighted by atomic mass is 10.0. The Morgan fingerprint density at radius 1 is 1.19 bits per heavy atom. The fraction of sp³-hybridized carbons (Fsp3) is 0.125. The van der Waals surface area contributed by atoms with E-state index in [2.05, 4.69) is 0 Å². The van der Waals surface area contributed by atoms with Crippen molar-refractivity contribution in [2.45, 2.75) is 12.8 Å². The molecule has 3 rings (SSSR count). The normalized spacial score (nSPS) is 11.1. The van der Waals surface area contributed by atoms with Gasteiger partial charge in [0.1, 0.15) is 11.6 Å². The van der Waals surface area contributed by atoms with E-state index < -0.39 is 11.8 Å². The fourth-order valence-electron chi connectivity index (χ4n) is 2.57. The zero-order chi connectivity index (χ0) is 15.0. The Morgan fingerprint density at radius 2 is 2.00 bits per heavy atom. The number of aryl methyl sites for hydroxylation is 1. The third-order valence-corrected chi connectivity index (χ3v) is 3.52. The summed E-state index contributed by atoms with van der Waals surface area (Å²) in [4.78, 5) is 10.8. The summed E-state index contributed by atoms with van der Waals surface area (Å²) in [7, 11) is 0. The van der Waals surface area contributed by atoms with E-state index in [-0.39, 0.29) is 18.6 Å². The molecule has 0 radical (unpaired) electrons. The van der Waals surface area contributed by atoms with E-state index in [0.717, 1.165) is 5.52 Å². The molecule has 2 aromatic heterocycles. The van der Waals surface area contributed by atoms with Crippen LogP contribution in [0.1, 0.15) is 12.0 Å². The number of benzene rings is 1. The third kappa shape index (κ3) is 2.27. The van der Waals surface area contributed by atoms with E-state index >= 15 is 0 Å².